The highest BCUT2D eigenvalue weighted by Crippen LogP contribution is 2.39. The fraction of sp³-hybridized carbons (Fsp3) is 0.231. The van der Waals surface area contributed by atoms with Crippen LogP contribution < -0.4 is 10.1 Å². The van der Waals surface area contributed by atoms with Crippen LogP contribution in [0.3, 0.4) is 0 Å². The molecule has 1 atom stereocenters. The maximum atomic E-state index is 12.6. The summed E-state index contributed by atoms with van der Waals surface area (Å²) in [4.78, 5) is 26.9. The van der Waals surface area contributed by atoms with Crippen LogP contribution in [0.25, 0.3) is 0 Å². The van der Waals surface area contributed by atoms with E-state index >= 15 is 0 Å². The van der Waals surface area contributed by atoms with Crippen molar-refractivity contribution in [2.45, 2.75) is 25.4 Å². The van der Waals surface area contributed by atoms with Crippen molar-refractivity contribution in [3.05, 3.63) is 100 Å². The summed E-state index contributed by atoms with van der Waals surface area (Å²) in [5.74, 6) is 1.24. The Morgan fingerprint density at radius 1 is 1.03 bits per heavy atom. The predicted octanol–water partition coefficient (Wildman–Crippen LogP) is 5.44. The molecule has 0 bridgehead atoms. The number of amides is 2. The van der Waals surface area contributed by atoms with Gasteiger partial charge in [0.05, 0.1) is 12.4 Å². The van der Waals surface area contributed by atoms with Crippen molar-refractivity contribution in [2.75, 3.05) is 12.4 Å². The van der Waals surface area contributed by atoms with E-state index in [2.05, 4.69) is 5.32 Å². The van der Waals surface area contributed by atoms with Gasteiger partial charge in [0.2, 0.25) is 5.91 Å². The molecule has 170 valence electrons. The van der Waals surface area contributed by atoms with Crippen molar-refractivity contribution < 1.29 is 14.3 Å². The number of hydrogen-bond acceptors (Lipinski definition) is 4. The fourth-order valence-electron chi connectivity index (χ4n) is 3.64. The van der Waals surface area contributed by atoms with Crippen molar-refractivity contribution in [1.29, 1.82) is 0 Å². The molecule has 1 fully saturated rings. The Bertz CT molecular complexity index is 1100. The molecule has 0 saturated carbocycles. The van der Waals surface area contributed by atoms with Gasteiger partial charge < -0.3 is 15.0 Å². The number of ether oxygens (including phenoxy) is 1. The second kappa shape index (κ2) is 10.8. The summed E-state index contributed by atoms with van der Waals surface area (Å²) in [6.07, 6.45) is 0. The number of benzene rings is 3. The Morgan fingerprint density at radius 2 is 1.70 bits per heavy atom. The summed E-state index contributed by atoms with van der Waals surface area (Å²) < 4.78 is 5.44. The second-order valence-electron chi connectivity index (χ2n) is 7.69. The predicted molar refractivity (Wildman–Crippen MR) is 132 cm³/mol. The first kappa shape index (κ1) is 23.2. The molecule has 0 unspecified atom stereocenters. The number of hydrogen-bond donors (Lipinski definition) is 1. The van der Waals surface area contributed by atoms with Crippen molar-refractivity contribution in [3.8, 4) is 5.75 Å². The highest BCUT2D eigenvalue weighted by molar-refractivity contribution is 8.00. The summed E-state index contributed by atoms with van der Waals surface area (Å²) in [6, 6.07) is 22.7. The average Bonchev–Trinajstić information content (AvgIpc) is 3.20. The van der Waals surface area contributed by atoms with Gasteiger partial charge in [-0.2, -0.15) is 0 Å². The van der Waals surface area contributed by atoms with Gasteiger partial charge in [0, 0.05) is 23.7 Å². The summed E-state index contributed by atoms with van der Waals surface area (Å²) in [6.45, 7) is 3.53. The summed E-state index contributed by atoms with van der Waals surface area (Å²) in [7, 11) is 0. The highest BCUT2D eigenvalue weighted by atomic mass is 35.5. The van der Waals surface area contributed by atoms with E-state index in [0.29, 0.717) is 36.0 Å². The van der Waals surface area contributed by atoms with Crippen LogP contribution in [-0.4, -0.2) is 29.1 Å². The van der Waals surface area contributed by atoms with Crippen LogP contribution in [0.15, 0.2) is 72.8 Å². The number of carbonyl (C=O) groups is 2. The van der Waals surface area contributed by atoms with Gasteiger partial charge in [-0.25, -0.2) is 0 Å². The van der Waals surface area contributed by atoms with E-state index in [9.17, 15) is 9.59 Å². The first-order valence-electron chi connectivity index (χ1n) is 10.8. The molecule has 1 aliphatic rings. The van der Waals surface area contributed by atoms with Gasteiger partial charge in [-0.3, -0.25) is 9.59 Å². The molecular formula is C26H25ClN2O3S. The molecule has 3 aromatic carbocycles. The third-order valence-corrected chi connectivity index (χ3v) is 6.89. The zero-order valence-electron chi connectivity index (χ0n) is 18.3. The number of rotatable bonds is 8. The van der Waals surface area contributed by atoms with Crippen LogP contribution in [0.4, 0.5) is 0 Å². The first-order valence-corrected chi connectivity index (χ1v) is 12.2. The Labute approximate surface area is 203 Å². The minimum atomic E-state index is -0.136. The van der Waals surface area contributed by atoms with Crippen LogP contribution in [0.1, 0.15) is 39.3 Å². The van der Waals surface area contributed by atoms with Crippen molar-refractivity contribution in [1.82, 2.24) is 10.2 Å². The molecule has 1 saturated heterocycles. The number of carbonyl (C=O) groups excluding carboxylic acids is 2. The molecule has 0 radical (unpaired) electrons. The molecule has 1 heterocycles. The van der Waals surface area contributed by atoms with Crippen molar-refractivity contribution in [2.24, 2.45) is 0 Å². The molecule has 33 heavy (non-hydrogen) atoms. The van der Waals surface area contributed by atoms with E-state index < -0.39 is 0 Å². The lowest BCUT2D eigenvalue weighted by atomic mass is 10.1. The SMILES string of the molecule is CCOc1ccc(CNC(=O)c2ccc([C@@H]3SCC(=O)N3Cc3ccc(Cl)cc3)cc2)cc1. The molecule has 0 aliphatic carbocycles. The smallest absolute Gasteiger partial charge is 0.251 e. The third-order valence-electron chi connectivity index (χ3n) is 5.38. The van der Waals surface area contributed by atoms with Crippen LogP contribution in [0.2, 0.25) is 5.02 Å². The van der Waals surface area contributed by atoms with Gasteiger partial charge in [-0.1, -0.05) is 48.0 Å². The van der Waals surface area contributed by atoms with E-state index in [-0.39, 0.29) is 17.2 Å². The third kappa shape index (κ3) is 5.89. The number of thioether (sulfide) groups is 1. The van der Waals surface area contributed by atoms with Gasteiger partial charge in [0.1, 0.15) is 11.1 Å². The minimum Gasteiger partial charge on any atom is -0.494 e. The van der Waals surface area contributed by atoms with E-state index in [4.69, 9.17) is 16.3 Å². The number of nitrogens with one attached hydrogen (secondary N) is 1. The van der Waals surface area contributed by atoms with E-state index in [1.807, 2.05) is 84.6 Å². The van der Waals surface area contributed by atoms with Crippen LogP contribution >= 0.6 is 23.4 Å². The normalized spacial score (nSPS) is 15.5. The Morgan fingerprint density at radius 3 is 2.36 bits per heavy atom. The molecule has 0 spiro atoms. The van der Waals surface area contributed by atoms with Crippen LogP contribution in [-0.2, 0) is 17.9 Å². The Hall–Kier alpha value is -2.96. The molecule has 2 amide bonds. The van der Waals surface area contributed by atoms with Gasteiger partial charge in [0.15, 0.2) is 0 Å². The topological polar surface area (TPSA) is 58.6 Å². The molecule has 0 aromatic heterocycles. The quantitative estimate of drug-likeness (QED) is 0.466. The monoisotopic (exact) mass is 480 g/mol. The summed E-state index contributed by atoms with van der Waals surface area (Å²) in [5.41, 5.74) is 3.62. The van der Waals surface area contributed by atoms with Gasteiger partial charge in [0.25, 0.3) is 5.91 Å². The molecule has 1 N–H and O–H groups in total. The van der Waals surface area contributed by atoms with E-state index in [0.717, 1.165) is 22.4 Å². The molecule has 4 rings (SSSR count). The maximum absolute atomic E-state index is 12.6. The minimum absolute atomic E-state index is 0.0749. The van der Waals surface area contributed by atoms with E-state index in [1.54, 1.807) is 11.8 Å². The zero-order chi connectivity index (χ0) is 23.2. The fourth-order valence-corrected chi connectivity index (χ4v) is 4.96. The second-order valence-corrected chi connectivity index (χ2v) is 9.20. The number of halogens is 1. The van der Waals surface area contributed by atoms with Crippen molar-refractivity contribution in [3.63, 3.8) is 0 Å². The largest absolute Gasteiger partial charge is 0.494 e. The van der Waals surface area contributed by atoms with Gasteiger partial charge >= 0.3 is 0 Å². The standard InChI is InChI=1S/C26H25ClN2O3S/c1-2-32-23-13-5-18(6-14-23)15-28-25(31)20-7-9-21(10-8-20)26-29(24(30)17-33-26)16-19-3-11-22(27)12-4-19/h3-14,26H,2,15-17H2,1H3,(H,28,31)/t26-/m0/s1. The first-order chi connectivity index (χ1) is 16.0. The van der Waals surface area contributed by atoms with Crippen molar-refractivity contribution >= 4 is 35.2 Å². The molecule has 7 heteroatoms. The molecule has 5 nitrogen and oxygen atoms in total. The Kier molecular flexibility index (Phi) is 7.57. The summed E-state index contributed by atoms with van der Waals surface area (Å²) in [5, 5.41) is 3.55. The van der Waals surface area contributed by atoms with Gasteiger partial charge in [-0.15, -0.1) is 11.8 Å². The lowest BCUT2D eigenvalue weighted by Gasteiger charge is -2.24. The maximum Gasteiger partial charge on any atom is 0.251 e. The molecule has 3 aromatic rings. The van der Waals surface area contributed by atoms with E-state index in [1.165, 1.54) is 0 Å². The highest BCUT2D eigenvalue weighted by Gasteiger charge is 2.32. The van der Waals surface area contributed by atoms with Crippen LogP contribution in [0.5, 0.6) is 5.75 Å². The zero-order valence-corrected chi connectivity index (χ0v) is 19.9. The number of nitrogens with zero attached hydrogens (tertiary/aromatic N) is 1. The van der Waals surface area contributed by atoms with Gasteiger partial charge in [-0.05, 0) is 60.0 Å². The molecular weight excluding hydrogens is 456 g/mol. The summed E-state index contributed by atoms with van der Waals surface area (Å²) >= 11 is 7.57. The Balaban J connectivity index is 1.37. The van der Waals surface area contributed by atoms with Crippen LogP contribution in [0, 0.1) is 0 Å². The molecule has 1 aliphatic heterocycles. The average molecular weight is 481 g/mol. The lowest BCUT2D eigenvalue weighted by molar-refractivity contribution is -0.128. The lowest BCUT2D eigenvalue weighted by Crippen LogP contribution is -2.27.